The molecule has 2 aromatic rings. The predicted molar refractivity (Wildman–Crippen MR) is 109 cm³/mol. The molecule has 0 saturated carbocycles. The van der Waals surface area contributed by atoms with Crippen LogP contribution in [0, 0.1) is 0 Å². The quantitative estimate of drug-likeness (QED) is 0.436. The van der Waals surface area contributed by atoms with E-state index in [0.29, 0.717) is 23.4 Å². The SMILES string of the molecule is CCOC(Cc1ccc(OCC=C(C)c2cc(C(F)(F)F)cc(C(F)(F)F)c2)cc1)C(=O)O. The average molecular weight is 476 g/mol. The molecule has 0 amide bonds. The molecule has 0 heterocycles. The van der Waals surface area contributed by atoms with Crippen LogP contribution in [0.2, 0.25) is 0 Å². The lowest BCUT2D eigenvalue weighted by molar-refractivity contribution is -0.150. The van der Waals surface area contributed by atoms with E-state index in [4.69, 9.17) is 14.6 Å². The summed E-state index contributed by atoms with van der Waals surface area (Å²) < 4.78 is 88.7. The van der Waals surface area contributed by atoms with Crippen molar-refractivity contribution in [2.75, 3.05) is 13.2 Å². The summed E-state index contributed by atoms with van der Waals surface area (Å²) in [7, 11) is 0. The molecule has 4 nitrogen and oxygen atoms in total. The number of rotatable bonds is 9. The average Bonchev–Trinajstić information content (AvgIpc) is 2.73. The fourth-order valence-corrected chi connectivity index (χ4v) is 2.92. The summed E-state index contributed by atoms with van der Waals surface area (Å²) in [5, 5.41) is 9.12. The van der Waals surface area contributed by atoms with Crippen LogP contribution in [0.25, 0.3) is 5.57 Å². The van der Waals surface area contributed by atoms with Crippen LogP contribution < -0.4 is 4.74 Å². The van der Waals surface area contributed by atoms with Crippen LogP contribution in [0.4, 0.5) is 26.3 Å². The first kappa shape index (κ1) is 26.2. The van der Waals surface area contributed by atoms with Crippen molar-refractivity contribution in [3.05, 3.63) is 70.8 Å². The van der Waals surface area contributed by atoms with E-state index in [9.17, 15) is 31.1 Å². The molecule has 0 fully saturated rings. The summed E-state index contributed by atoms with van der Waals surface area (Å²) in [6.07, 6.45) is -9.30. The first-order valence-electron chi connectivity index (χ1n) is 9.84. The molecule has 0 aromatic heterocycles. The van der Waals surface area contributed by atoms with Crippen molar-refractivity contribution in [1.29, 1.82) is 0 Å². The number of hydrogen-bond acceptors (Lipinski definition) is 3. The Morgan fingerprint density at radius 1 is 1.00 bits per heavy atom. The Kier molecular flexibility index (Phi) is 8.54. The zero-order chi connectivity index (χ0) is 24.8. The van der Waals surface area contributed by atoms with Crippen molar-refractivity contribution in [3.63, 3.8) is 0 Å². The summed E-state index contributed by atoms with van der Waals surface area (Å²) in [5.41, 5.74) is -2.11. The van der Waals surface area contributed by atoms with Crippen molar-refractivity contribution in [2.45, 2.75) is 38.7 Å². The molecular weight excluding hydrogens is 454 g/mol. The Hall–Kier alpha value is -3.01. The number of benzene rings is 2. The van der Waals surface area contributed by atoms with Gasteiger partial charge < -0.3 is 14.6 Å². The molecule has 2 rings (SSSR count). The predicted octanol–water partition coefficient (Wildman–Crippen LogP) is 6.24. The molecule has 0 saturated heterocycles. The maximum atomic E-state index is 13.0. The fourth-order valence-electron chi connectivity index (χ4n) is 2.92. The number of alkyl halides is 6. The Labute approximate surface area is 186 Å². The Bertz CT molecular complexity index is 946. The highest BCUT2D eigenvalue weighted by atomic mass is 19.4. The number of allylic oxidation sites excluding steroid dienone is 1. The monoisotopic (exact) mass is 476 g/mol. The van der Waals surface area contributed by atoms with Crippen molar-refractivity contribution < 1.29 is 45.7 Å². The van der Waals surface area contributed by atoms with Gasteiger partial charge in [0.05, 0.1) is 11.1 Å². The van der Waals surface area contributed by atoms with Crippen LogP contribution in [-0.4, -0.2) is 30.4 Å². The van der Waals surface area contributed by atoms with Gasteiger partial charge in [-0.25, -0.2) is 4.79 Å². The second-order valence-electron chi connectivity index (χ2n) is 7.12. The van der Waals surface area contributed by atoms with Crippen molar-refractivity contribution >= 4 is 11.5 Å². The number of ether oxygens (including phenoxy) is 2. The minimum absolute atomic E-state index is 0.0787. The van der Waals surface area contributed by atoms with Gasteiger partial charge in [0.2, 0.25) is 0 Å². The van der Waals surface area contributed by atoms with Crippen molar-refractivity contribution in [1.82, 2.24) is 0 Å². The largest absolute Gasteiger partial charge is 0.490 e. The van der Waals surface area contributed by atoms with Crippen LogP contribution in [0.3, 0.4) is 0 Å². The Morgan fingerprint density at radius 2 is 1.55 bits per heavy atom. The van der Waals surface area contributed by atoms with Crippen LogP contribution in [-0.2, 0) is 28.3 Å². The lowest BCUT2D eigenvalue weighted by Gasteiger charge is -2.15. The summed E-state index contributed by atoms with van der Waals surface area (Å²) in [6.45, 7) is 3.23. The molecule has 0 spiro atoms. The van der Waals surface area contributed by atoms with Crippen LogP contribution in [0.1, 0.15) is 36.1 Å². The van der Waals surface area contributed by atoms with E-state index in [1.807, 2.05) is 0 Å². The Morgan fingerprint density at radius 3 is 2.00 bits per heavy atom. The molecule has 0 aliphatic carbocycles. The number of aliphatic carboxylic acids is 1. The number of halogens is 6. The molecule has 2 aromatic carbocycles. The van der Waals surface area contributed by atoms with E-state index in [0.717, 1.165) is 0 Å². The lowest BCUT2D eigenvalue weighted by Crippen LogP contribution is -2.26. The highest BCUT2D eigenvalue weighted by molar-refractivity contribution is 5.72. The molecule has 1 unspecified atom stereocenters. The Balaban J connectivity index is 2.10. The van der Waals surface area contributed by atoms with Crippen molar-refractivity contribution in [3.8, 4) is 5.75 Å². The smallest absolute Gasteiger partial charge is 0.416 e. The molecule has 33 heavy (non-hydrogen) atoms. The highest BCUT2D eigenvalue weighted by Gasteiger charge is 2.37. The minimum atomic E-state index is -4.92. The topological polar surface area (TPSA) is 55.8 Å². The van der Waals surface area contributed by atoms with Gasteiger partial charge in [0.15, 0.2) is 6.10 Å². The van der Waals surface area contributed by atoms with E-state index in [2.05, 4.69) is 0 Å². The van der Waals surface area contributed by atoms with Crippen LogP contribution >= 0.6 is 0 Å². The molecule has 0 aliphatic rings. The third kappa shape index (κ3) is 7.81. The van der Waals surface area contributed by atoms with Gasteiger partial charge in [-0.05, 0) is 67.0 Å². The molecule has 180 valence electrons. The highest BCUT2D eigenvalue weighted by Crippen LogP contribution is 2.37. The van der Waals surface area contributed by atoms with Gasteiger partial charge in [-0.3, -0.25) is 0 Å². The van der Waals surface area contributed by atoms with E-state index in [-0.39, 0.29) is 36.8 Å². The fraction of sp³-hybridized carbons (Fsp3) is 0.348. The molecule has 0 radical (unpaired) electrons. The molecule has 0 bridgehead atoms. The first-order valence-corrected chi connectivity index (χ1v) is 9.84. The molecular formula is C23H22F6O4. The number of hydrogen-bond donors (Lipinski definition) is 1. The molecule has 1 atom stereocenters. The van der Waals surface area contributed by atoms with Crippen molar-refractivity contribution in [2.24, 2.45) is 0 Å². The summed E-state index contributed by atoms with van der Waals surface area (Å²) in [4.78, 5) is 11.2. The lowest BCUT2D eigenvalue weighted by atomic mass is 10.00. The summed E-state index contributed by atoms with van der Waals surface area (Å²) in [6, 6.07) is 7.84. The zero-order valence-electron chi connectivity index (χ0n) is 17.8. The van der Waals surface area contributed by atoms with Gasteiger partial charge in [-0.2, -0.15) is 26.3 Å². The molecule has 10 heteroatoms. The number of carbonyl (C=O) groups is 1. The number of carboxylic acids is 1. The normalized spacial score (nSPS) is 13.6. The summed E-state index contributed by atoms with van der Waals surface area (Å²) in [5.74, 6) is -0.688. The standard InChI is InChI=1S/C23H22F6O4/c1-3-32-20(21(30)31)10-15-4-6-19(7-5-15)33-9-8-14(2)16-11-17(22(24,25)26)13-18(12-16)23(27,28)29/h4-8,11-13,20H,3,9-10H2,1-2H3,(H,30,31). The van der Waals surface area contributed by atoms with Gasteiger partial charge in [-0.1, -0.05) is 12.1 Å². The minimum Gasteiger partial charge on any atom is -0.490 e. The maximum Gasteiger partial charge on any atom is 0.416 e. The van der Waals surface area contributed by atoms with E-state index in [1.165, 1.54) is 13.0 Å². The second-order valence-corrected chi connectivity index (χ2v) is 7.12. The van der Waals surface area contributed by atoms with Gasteiger partial charge in [0.1, 0.15) is 12.4 Å². The molecule has 1 N–H and O–H groups in total. The maximum absolute atomic E-state index is 13.0. The van der Waals surface area contributed by atoms with E-state index < -0.39 is 35.6 Å². The van der Waals surface area contributed by atoms with Crippen LogP contribution in [0.5, 0.6) is 5.75 Å². The first-order chi connectivity index (χ1) is 15.3. The van der Waals surface area contributed by atoms with Gasteiger partial charge in [0.25, 0.3) is 0 Å². The van der Waals surface area contributed by atoms with Gasteiger partial charge >= 0.3 is 18.3 Å². The number of carboxylic acid groups (broad SMARTS) is 1. The van der Waals surface area contributed by atoms with Gasteiger partial charge in [-0.15, -0.1) is 0 Å². The van der Waals surface area contributed by atoms with E-state index in [1.54, 1.807) is 31.2 Å². The zero-order valence-corrected chi connectivity index (χ0v) is 17.8. The third-order valence-corrected chi connectivity index (χ3v) is 4.67. The second kappa shape index (κ2) is 10.7. The van der Waals surface area contributed by atoms with E-state index >= 15 is 0 Å². The summed E-state index contributed by atoms with van der Waals surface area (Å²) >= 11 is 0. The van der Waals surface area contributed by atoms with Gasteiger partial charge in [0, 0.05) is 13.0 Å². The third-order valence-electron chi connectivity index (χ3n) is 4.67. The van der Waals surface area contributed by atoms with Crippen LogP contribution in [0.15, 0.2) is 48.5 Å². The molecule has 0 aliphatic heterocycles.